The molecule has 0 fully saturated rings. The van der Waals surface area contributed by atoms with Crippen LogP contribution in [0.4, 0.5) is 13.2 Å². The summed E-state index contributed by atoms with van der Waals surface area (Å²) in [5.41, 5.74) is 4.08. The van der Waals surface area contributed by atoms with Crippen LogP contribution < -0.4 is 15.2 Å². The maximum atomic E-state index is 13.0. The Balaban J connectivity index is 2.51. The summed E-state index contributed by atoms with van der Waals surface area (Å²) in [4.78, 5) is 10.8. The molecule has 2 rings (SSSR count). The summed E-state index contributed by atoms with van der Waals surface area (Å²) in [6.45, 7) is 0.326. The first kappa shape index (κ1) is 14.4. The molecule has 0 spiro atoms. The molecule has 1 heterocycles. The lowest BCUT2D eigenvalue weighted by Gasteiger charge is -2.24. The Bertz CT molecular complexity index is 530. The number of nitrogens with two attached hydrogens (primary N) is 1. The van der Waals surface area contributed by atoms with Gasteiger partial charge in [0.1, 0.15) is 19.3 Å². The molecular weight excluding hydrogens is 279 g/mol. The molecule has 0 saturated carbocycles. The smallest absolute Gasteiger partial charge is 0.416 e. The lowest BCUT2D eigenvalue weighted by Crippen LogP contribution is -2.33. The first-order valence-corrected chi connectivity index (χ1v) is 5.77. The van der Waals surface area contributed by atoms with Crippen LogP contribution >= 0.6 is 0 Å². The molecule has 0 radical (unpaired) electrons. The van der Waals surface area contributed by atoms with Gasteiger partial charge in [0, 0.05) is 12.0 Å². The average Bonchev–Trinajstić information content (AvgIpc) is 2.37. The maximum Gasteiger partial charge on any atom is 0.416 e. The minimum atomic E-state index is -4.62. The zero-order chi connectivity index (χ0) is 14.9. The van der Waals surface area contributed by atoms with Gasteiger partial charge in [0.15, 0.2) is 11.5 Å². The quantitative estimate of drug-likeness (QED) is 0.880. The highest BCUT2D eigenvalue weighted by atomic mass is 19.4. The Morgan fingerprint density at radius 3 is 2.60 bits per heavy atom. The molecule has 0 bridgehead atoms. The number of carboxylic acids is 1. The van der Waals surface area contributed by atoms with Crippen LogP contribution in [-0.2, 0) is 17.4 Å². The Morgan fingerprint density at radius 1 is 1.35 bits per heavy atom. The van der Waals surface area contributed by atoms with Crippen LogP contribution in [0.1, 0.15) is 11.1 Å². The summed E-state index contributed by atoms with van der Waals surface area (Å²) in [7, 11) is 0. The van der Waals surface area contributed by atoms with Gasteiger partial charge in [-0.25, -0.2) is 0 Å². The van der Waals surface area contributed by atoms with Crippen molar-refractivity contribution in [2.75, 3.05) is 13.2 Å². The Kier molecular flexibility index (Phi) is 3.76. The SMILES string of the molecule is NC(Cc1c(C(F)(F)F)ccc2c1OCCO2)C(=O)O. The molecule has 1 unspecified atom stereocenters. The number of carbonyl (C=O) groups is 1. The van der Waals surface area contributed by atoms with Crippen LogP contribution in [0.15, 0.2) is 12.1 Å². The highest BCUT2D eigenvalue weighted by molar-refractivity contribution is 5.74. The van der Waals surface area contributed by atoms with E-state index in [1.165, 1.54) is 0 Å². The zero-order valence-electron chi connectivity index (χ0n) is 10.2. The van der Waals surface area contributed by atoms with Crippen molar-refractivity contribution in [1.29, 1.82) is 0 Å². The van der Waals surface area contributed by atoms with E-state index in [4.69, 9.17) is 20.3 Å². The van der Waals surface area contributed by atoms with E-state index in [0.29, 0.717) is 0 Å². The number of hydrogen-bond donors (Lipinski definition) is 2. The number of benzene rings is 1. The molecule has 0 amide bonds. The van der Waals surface area contributed by atoms with E-state index in [1.54, 1.807) is 0 Å². The number of carboxylic acid groups (broad SMARTS) is 1. The number of fused-ring (bicyclic) bond motifs is 1. The molecular formula is C12H12F3NO4. The highest BCUT2D eigenvalue weighted by Gasteiger charge is 2.37. The van der Waals surface area contributed by atoms with Crippen molar-refractivity contribution < 1.29 is 32.5 Å². The number of rotatable bonds is 3. The van der Waals surface area contributed by atoms with Gasteiger partial charge in [-0.05, 0) is 12.1 Å². The zero-order valence-corrected chi connectivity index (χ0v) is 10.2. The molecule has 8 heteroatoms. The van der Waals surface area contributed by atoms with Crippen molar-refractivity contribution in [3.05, 3.63) is 23.3 Å². The summed E-state index contributed by atoms with van der Waals surface area (Å²) in [5.74, 6) is -1.30. The minimum absolute atomic E-state index is 0.0808. The highest BCUT2D eigenvalue weighted by Crippen LogP contribution is 2.42. The molecule has 3 N–H and O–H groups in total. The van der Waals surface area contributed by atoms with Gasteiger partial charge in [0.2, 0.25) is 0 Å². The van der Waals surface area contributed by atoms with E-state index in [2.05, 4.69) is 0 Å². The number of ether oxygens (including phenoxy) is 2. The standard InChI is InChI=1S/C12H12F3NO4/c13-12(14,15)7-1-2-9-10(20-4-3-19-9)6(7)5-8(16)11(17)18/h1-2,8H,3-5,16H2,(H,17,18). The Morgan fingerprint density at radius 2 is 2.00 bits per heavy atom. The van der Waals surface area contributed by atoms with E-state index in [-0.39, 0.29) is 30.3 Å². The molecule has 110 valence electrons. The van der Waals surface area contributed by atoms with Gasteiger partial charge in [-0.1, -0.05) is 0 Å². The van der Waals surface area contributed by atoms with Crippen LogP contribution in [0.5, 0.6) is 11.5 Å². The molecule has 20 heavy (non-hydrogen) atoms. The molecule has 0 saturated heterocycles. The lowest BCUT2D eigenvalue weighted by atomic mass is 9.98. The fraction of sp³-hybridized carbons (Fsp3) is 0.417. The van der Waals surface area contributed by atoms with Gasteiger partial charge in [-0.2, -0.15) is 13.2 Å². The number of hydrogen-bond acceptors (Lipinski definition) is 4. The van der Waals surface area contributed by atoms with Crippen molar-refractivity contribution in [3.8, 4) is 11.5 Å². The molecule has 1 atom stereocenters. The summed E-state index contributed by atoms with van der Waals surface area (Å²) in [6.07, 6.45) is -5.11. The average molecular weight is 291 g/mol. The first-order valence-electron chi connectivity index (χ1n) is 5.77. The molecule has 1 aromatic rings. The van der Waals surface area contributed by atoms with Crippen LogP contribution in [0.2, 0.25) is 0 Å². The summed E-state index contributed by atoms with van der Waals surface area (Å²) in [5, 5.41) is 8.76. The van der Waals surface area contributed by atoms with Crippen molar-refractivity contribution in [1.82, 2.24) is 0 Å². The molecule has 1 aliphatic heterocycles. The van der Waals surface area contributed by atoms with Crippen LogP contribution in [0.25, 0.3) is 0 Å². The number of halogens is 3. The van der Waals surface area contributed by atoms with Gasteiger partial charge in [-0.15, -0.1) is 0 Å². The fourth-order valence-corrected chi connectivity index (χ4v) is 1.95. The van der Waals surface area contributed by atoms with Gasteiger partial charge < -0.3 is 20.3 Å². The van der Waals surface area contributed by atoms with Crippen LogP contribution in [-0.4, -0.2) is 30.3 Å². The molecule has 0 aliphatic carbocycles. The van der Waals surface area contributed by atoms with Crippen molar-refractivity contribution in [2.24, 2.45) is 5.73 Å². The van der Waals surface area contributed by atoms with Crippen molar-refractivity contribution in [3.63, 3.8) is 0 Å². The second kappa shape index (κ2) is 5.20. The predicted octanol–water partition coefficient (Wildman–Crippen LogP) is 1.43. The second-order valence-corrected chi connectivity index (χ2v) is 4.26. The third-order valence-corrected chi connectivity index (χ3v) is 2.86. The summed E-state index contributed by atoms with van der Waals surface area (Å²) in [6, 6.07) is 0.554. The maximum absolute atomic E-state index is 13.0. The van der Waals surface area contributed by atoms with E-state index in [0.717, 1.165) is 12.1 Å². The topological polar surface area (TPSA) is 81.8 Å². The normalized spacial score (nSPS) is 15.8. The Labute approximate surface area is 112 Å². The summed E-state index contributed by atoms with van der Waals surface area (Å²) < 4.78 is 49.3. The van der Waals surface area contributed by atoms with Crippen LogP contribution in [0.3, 0.4) is 0 Å². The van der Waals surface area contributed by atoms with Gasteiger partial charge in [-0.3, -0.25) is 4.79 Å². The minimum Gasteiger partial charge on any atom is -0.486 e. The monoisotopic (exact) mass is 291 g/mol. The van der Waals surface area contributed by atoms with Crippen molar-refractivity contribution in [2.45, 2.75) is 18.6 Å². The van der Waals surface area contributed by atoms with Crippen molar-refractivity contribution >= 4 is 5.97 Å². The van der Waals surface area contributed by atoms with Gasteiger partial charge in [0.05, 0.1) is 5.56 Å². The van der Waals surface area contributed by atoms with E-state index in [9.17, 15) is 18.0 Å². The first-order chi connectivity index (χ1) is 9.30. The van der Waals surface area contributed by atoms with E-state index >= 15 is 0 Å². The third kappa shape index (κ3) is 2.79. The molecule has 1 aromatic carbocycles. The fourth-order valence-electron chi connectivity index (χ4n) is 1.95. The van der Waals surface area contributed by atoms with E-state index < -0.39 is 30.2 Å². The second-order valence-electron chi connectivity index (χ2n) is 4.26. The largest absolute Gasteiger partial charge is 0.486 e. The van der Waals surface area contributed by atoms with Crippen LogP contribution in [0, 0.1) is 0 Å². The number of aliphatic carboxylic acids is 1. The molecule has 5 nitrogen and oxygen atoms in total. The summed E-state index contributed by atoms with van der Waals surface area (Å²) >= 11 is 0. The van der Waals surface area contributed by atoms with Gasteiger partial charge >= 0.3 is 12.1 Å². The Hall–Kier alpha value is -1.96. The molecule has 1 aliphatic rings. The van der Waals surface area contributed by atoms with Gasteiger partial charge in [0.25, 0.3) is 0 Å². The predicted molar refractivity (Wildman–Crippen MR) is 61.7 cm³/mol. The number of alkyl halides is 3. The van der Waals surface area contributed by atoms with E-state index in [1.807, 2.05) is 0 Å². The lowest BCUT2D eigenvalue weighted by molar-refractivity contribution is -0.141. The third-order valence-electron chi connectivity index (χ3n) is 2.86. The molecule has 0 aromatic heterocycles.